The van der Waals surface area contributed by atoms with E-state index in [1.165, 1.54) is 6.42 Å². The number of nitrogens with two attached hydrogens (primary N) is 1. The number of aromatic nitrogens is 1. The highest BCUT2D eigenvalue weighted by Crippen LogP contribution is 2.30. The topological polar surface area (TPSA) is 134 Å². The average molecular weight is 425 g/mol. The molecule has 0 bridgehead atoms. The highest BCUT2D eigenvalue weighted by Gasteiger charge is 2.16. The number of amides is 1. The zero-order valence-electron chi connectivity index (χ0n) is 17.5. The van der Waals surface area contributed by atoms with Crippen LogP contribution < -0.4 is 21.1 Å². The third-order valence-electron chi connectivity index (χ3n) is 4.66. The van der Waals surface area contributed by atoms with Gasteiger partial charge >= 0.3 is 5.97 Å². The van der Waals surface area contributed by atoms with Crippen molar-refractivity contribution >= 4 is 34.9 Å². The minimum absolute atomic E-state index is 0.116. The van der Waals surface area contributed by atoms with Crippen LogP contribution in [0.2, 0.25) is 0 Å². The Bertz CT molecular complexity index is 942. The lowest BCUT2D eigenvalue weighted by Crippen LogP contribution is -2.36. The van der Waals surface area contributed by atoms with Crippen molar-refractivity contribution in [3.63, 3.8) is 0 Å². The highest BCUT2D eigenvalue weighted by atomic mass is 16.5. The Morgan fingerprint density at radius 3 is 2.58 bits per heavy atom. The fourth-order valence-corrected chi connectivity index (χ4v) is 3.16. The first kappa shape index (κ1) is 22.3. The molecule has 1 saturated heterocycles. The van der Waals surface area contributed by atoms with E-state index < -0.39 is 0 Å². The maximum atomic E-state index is 12.3. The Kier molecular flexibility index (Phi) is 8.02. The van der Waals surface area contributed by atoms with E-state index in [9.17, 15) is 9.59 Å². The van der Waals surface area contributed by atoms with Crippen molar-refractivity contribution in [3.05, 3.63) is 36.4 Å². The SMILES string of the molecule is CNCC(=O)Nc1ccc(/N=N/c2ccccc2OC(=O)CN2CCCCC2)c(N)n1. The van der Waals surface area contributed by atoms with E-state index in [4.69, 9.17) is 10.5 Å². The van der Waals surface area contributed by atoms with Crippen molar-refractivity contribution in [1.29, 1.82) is 0 Å². The number of nitrogen functional groups attached to an aromatic ring is 1. The first-order valence-corrected chi connectivity index (χ1v) is 10.2. The second-order valence-corrected chi connectivity index (χ2v) is 7.16. The molecule has 1 aliphatic rings. The van der Waals surface area contributed by atoms with Gasteiger partial charge in [0.25, 0.3) is 0 Å². The number of hydrogen-bond acceptors (Lipinski definition) is 9. The van der Waals surface area contributed by atoms with Gasteiger partial charge in [0.1, 0.15) is 17.2 Å². The zero-order valence-corrected chi connectivity index (χ0v) is 17.5. The second-order valence-electron chi connectivity index (χ2n) is 7.16. The Balaban J connectivity index is 1.65. The van der Waals surface area contributed by atoms with Crippen LogP contribution in [-0.2, 0) is 9.59 Å². The van der Waals surface area contributed by atoms with Crippen LogP contribution in [0.4, 0.5) is 23.0 Å². The molecule has 10 nitrogen and oxygen atoms in total. The standard InChI is InChI=1S/C21H27N7O3/c1-23-13-19(29)24-18-10-9-16(21(22)25-18)27-26-15-7-3-4-8-17(15)31-20(30)14-28-11-5-2-6-12-28/h3-4,7-10,23H,2,5-6,11-14H2,1H3,(H3,22,24,25,29)/b27-26+. The largest absolute Gasteiger partial charge is 0.423 e. The number of azo groups is 1. The minimum Gasteiger partial charge on any atom is -0.423 e. The number of likely N-dealkylation sites (tertiary alicyclic amines) is 1. The van der Waals surface area contributed by atoms with Gasteiger partial charge in [-0.05, 0) is 57.2 Å². The van der Waals surface area contributed by atoms with Gasteiger partial charge in [-0.1, -0.05) is 18.6 Å². The number of nitrogens with zero attached hydrogens (tertiary/aromatic N) is 4. The summed E-state index contributed by atoms with van der Waals surface area (Å²) in [5.41, 5.74) is 6.67. The average Bonchev–Trinajstić information content (AvgIpc) is 2.75. The summed E-state index contributed by atoms with van der Waals surface area (Å²) in [7, 11) is 1.67. The molecule has 1 aromatic carbocycles. The quantitative estimate of drug-likeness (QED) is 0.336. The molecule has 4 N–H and O–H groups in total. The van der Waals surface area contributed by atoms with Crippen molar-refractivity contribution in [1.82, 2.24) is 15.2 Å². The van der Waals surface area contributed by atoms with Gasteiger partial charge in [-0.2, -0.15) is 0 Å². The molecule has 10 heteroatoms. The summed E-state index contributed by atoms with van der Waals surface area (Å²) in [6, 6.07) is 10.1. The molecular weight excluding hydrogens is 398 g/mol. The van der Waals surface area contributed by atoms with E-state index in [0.717, 1.165) is 25.9 Å². The van der Waals surface area contributed by atoms with Crippen molar-refractivity contribution in [2.24, 2.45) is 10.2 Å². The number of anilines is 2. The molecule has 0 aliphatic carbocycles. The number of piperidine rings is 1. The lowest BCUT2D eigenvalue weighted by molar-refractivity contribution is -0.135. The summed E-state index contributed by atoms with van der Waals surface area (Å²) in [6.07, 6.45) is 3.41. The maximum absolute atomic E-state index is 12.3. The van der Waals surface area contributed by atoms with Crippen LogP contribution in [-0.4, -0.2) is 55.0 Å². The normalized spacial score (nSPS) is 14.5. The molecule has 2 aromatic rings. The number of rotatable bonds is 8. The molecule has 164 valence electrons. The van der Waals surface area contributed by atoms with Crippen LogP contribution >= 0.6 is 0 Å². The molecule has 0 atom stereocenters. The molecule has 0 unspecified atom stereocenters. The summed E-state index contributed by atoms with van der Waals surface area (Å²) in [5, 5.41) is 13.7. The third-order valence-corrected chi connectivity index (χ3v) is 4.66. The number of pyridine rings is 1. The summed E-state index contributed by atoms with van der Waals surface area (Å²) >= 11 is 0. The van der Waals surface area contributed by atoms with Crippen LogP contribution in [0.1, 0.15) is 19.3 Å². The van der Waals surface area contributed by atoms with Crippen LogP contribution in [0.25, 0.3) is 0 Å². The molecule has 2 heterocycles. The fourth-order valence-electron chi connectivity index (χ4n) is 3.16. The predicted molar refractivity (Wildman–Crippen MR) is 118 cm³/mol. The van der Waals surface area contributed by atoms with Gasteiger partial charge in [-0.3, -0.25) is 14.5 Å². The van der Waals surface area contributed by atoms with Crippen LogP contribution in [0.15, 0.2) is 46.6 Å². The van der Waals surface area contributed by atoms with Gasteiger partial charge in [0, 0.05) is 0 Å². The number of nitrogens with one attached hydrogen (secondary N) is 2. The summed E-state index contributed by atoms with van der Waals surface area (Å²) in [5.74, 6) is 0.210. The number of carbonyl (C=O) groups is 2. The smallest absolute Gasteiger partial charge is 0.325 e. The van der Waals surface area contributed by atoms with Crippen molar-refractivity contribution in [2.45, 2.75) is 19.3 Å². The summed E-state index contributed by atoms with van der Waals surface area (Å²) in [4.78, 5) is 30.2. The molecule has 3 rings (SSSR count). The number of para-hydroxylation sites is 1. The number of benzene rings is 1. The Hall–Kier alpha value is -3.37. The lowest BCUT2D eigenvalue weighted by Gasteiger charge is -2.25. The molecule has 0 radical (unpaired) electrons. The van der Waals surface area contributed by atoms with E-state index in [-0.39, 0.29) is 30.8 Å². The number of likely N-dealkylation sites (N-methyl/N-ethyl adjacent to an activating group) is 1. The minimum atomic E-state index is -0.326. The van der Waals surface area contributed by atoms with Crippen LogP contribution in [0.5, 0.6) is 5.75 Å². The Morgan fingerprint density at radius 2 is 1.84 bits per heavy atom. The van der Waals surface area contributed by atoms with Gasteiger partial charge in [0.15, 0.2) is 11.6 Å². The number of carbonyl (C=O) groups excluding carboxylic acids is 2. The van der Waals surface area contributed by atoms with Crippen LogP contribution in [0.3, 0.4) is 0 Å². The molecule has 0 saturated carbocycles. The van der Waals surface area contributed by atoms with Gasteiger partial charge in [-0.25, -0.2) is 4.98 Å². The Morgan fingerprint density at radius 1 is 1.10 bits per heavy atom. The first-order valence-electron chi connectivity index (χ1n) is 10.2. The molecule has 1 fully saturated rings. The fraction of sp³-hybridized carbons (Fsp3) is 0.381. The number of hydrogen-bond donors (Lipinski definition) is 3. The van der Waals surface area contributed by atoms with Gasteiger partial charge < -0.3 is 21.1 Å². The lowest BCUT2D eigenvalue weighted by atomic mass is 10.1. The molecule has 31 heavy (non-hydrogen) atoms. The molecule has 0 spiro atoms. The van der Waals surface area contributed by atoms with Crippen LogP contribution in [0, 0.1) is 0 Å². The van der Waals surface area contributed by atoms with E-state index in [2.05, 4.69) is 30.7 Å². The predicted octanol–water partition coefficient (Wildman–Crippen LogP) is 2.63. The second kappa shape index (κ2) is 11.1. The first-order chi connectivity index (χ1) is 15.0. The number of esters is 1. The van der Waals surface area contributed by atoms with Gasteiger partial charge in [0.2, 0.25) is 5.91 Å². The third kappa shape index (κ3) is 6.83. The highest BCUT2D eigenvalue weighted by molar-refractivity contribution is 5.91. The monoisotopic (exact) mass is 425 g/mol. The van der Waals surface area contributed by atoms with Gasteiger partial charge in [-0.15, -0.1) is 10.2 Å². The maximum Gasteiger partial charge on any atom is 0.325 e. The molecule has 1 amide bonds. The zero-order chi connectivity index (χ0) is 22.1. The van der Waals surface area contributed by atoms with Crippen molar-refractivity contribution in [3.8, 4) is 5.75 Å². The molecule has 1 aliphatic heterocycles. The molecule has 1 aromatic heterocycles. The van der Waals surface area contributed by atoms with E-state index in [1.807, 2.05) is 0 Å². The van der Waals surface area contributed by atoms with E-state index >= 15 is 0 Å². The van der Waals surface area contributed by atoms with E-state index in [1.54, 1.807) is 43.4 Å². The van der Waals surface area contributed by atoms with Crippen molar-refractivity contribution < 1.29 is 14.3 Å². The van der Waals surface area contributed by atoms with E-state index in [0.29, 0.717) is 22.9 Å². The molecular formula is C21H27N7O3. The summed E-state index contributed by atoms with van der Waals surface area (Å²) in [6.45, 7) is 2.24. The number of ether oxygens (including phenoxy) is 1. The van der Waals surface area contributed by atoms with Gasteiger partial charge in [0.05, 0.1) is 13.1 Å². The summed E-state index contributed by atoms with van der Waals surface area (Å²) < 4.78 is 5.52. The Labute approximate surface area is 180 Å². The van der Waals surface area contributed by atoms with Crippen molar-refractivity contribution in [2.75, 3.05) is 44.3 Å².